The molecule has 2 fully saturated rings. The van der Waals surface area contributed by atoms with E-state index in [0.29, 0.717) is 6.04 Å². The molecule has 2 saturated heterocycles. The van der Waals surface area contributed by atoms with Gasteiger partial charge in [0.15, 0.2) is 0 Å². The maximum atomic E-state index is 12.7. The Labute approximate surface area is 158 Å². The molecule has 0 unspecified atom stereocenters. The topological polar surface area (TPSA) is 54.5 Å². The van der Waals surface area contributed by atoms with Crippen molar-refractivity contribution in [3.63, 3.8) is 0 Å². The van der Waals surface area contributed by atoms with E-state index >= 15 is 0 Å². The summed E-state index contributed by atoms with van der Waals surface area (Å²) in [6.07, 6.45) is 4.13. The van der Waals surface area contributed by atoms with E-state index in [1.165, 1.54) is 0 Å². The van der Waals surface area contributed by atoms with Gasteiger partial charge in [-0.1, -0.05) is 12.1 Å². The van der Waals surface area contributed by atoms with Gasteiger partial charge in [0.05, 0.1) is 11.2 Å². The first kappa shape index (κ1) is 17.6. The summed E-state index contributed by atoms with van der Waals surface area (Å²) < 4.78 is 5.46. The first-order valence-corrected chi connectivity index (χ1v) is 10.3. The van der Waals surface area contributed by atoms with Crippen molar-refractivity contribution in [2.75, 3.05) is 31.6 Å². The van der Waals surface area contributed by atoms with Crippen molar-refractivity contribution >= 4 is 22.9 Å². The number of benzene rings is 1. The zero-order chi connectivity index (χ0) is 17.8. The van der Waals surface area contributed by atoms with Crippen molar-refractivity contribution in [2.24, 2.45) is 5.92 Å². The second kappa shape index (κ2) is 8.29. The summed E-state index contributed by atoms with van der Waals surface area (Å²) in [6, 6.07) is 8.59. The molecule has 1 N–H and O–H groups in total. The van der Waals surface area contributed by atoms with Crippen LogP contribution in [0, 0.1) is 5.92 Å². The number of thiazole rings is 1. The smallest absolute Gasteiger partial charge is 0.227 e. The van der Waals surface area contributed by atoms with E-state index in [1.54, 1.807) is 11.3 Å². The number of hydrogen-bond donors (Lipinski definition) is 1. The van der Waals surface area contributed by atoms with Crippen molar-refractivity contribution in [2.45, 2.75) is 31.7 Å². The minimum Gasteiger partial charge on any atom is -0.381 e. The van der Waals surface area contributed by atoms with Crippen molar-refractivity contribution in [1.82, 2.24) is 9.88 Å². The molecule has 0 aliphatic carbocycles. The van der Waals surface area contributed by atoms with E-state index in [1.807, 2.05) is 35.2 Å². The number of amides is 1. The monoisotopic (exact) mass is 371 g/mol. The molecular formula is C20H25N3O2S. The zero-order valence-electron chi connectivity index (χ0n) is 14.9. The Morgan fingerprint density at radius 2 is 2.00 bits per heavy atom. The van der Waals surface area contributed by atoms with E-state index in [-0.39, 0.29) is 11.8 Å². The molecule has 0 spiro atoms. The molecule has 2 aliphatic heterocycles. The highest BCUT2D eigenvalue weighted by atomic mass is 32.1. The van der Waals surface area contributed by atoms with Gasteiger partial charge in [0.25, 0.3) is 0 Å². The van der Waals surface area contributed by atoms with E-state index in [9.17, 15) is 4.79 Å². The molecule has 1 aromatic carbocycles. The number of anilines is 1. The van der Waals surface area contributed by atoms with Crippen LogP contribution in [0.5, 0.6) is 0 Å². The van der Waals surface area contributed by atoms with Gasteiger partial charge in [-0.3, -0.25) is 4.79 Å². The number of nitrogens with zero attached hydrogens (tertiary/aromatic N) is 2. The number of carbonyl (C=O) groups is 1. The van der Waals surface area contributed by atoms with Crippen LogP contribution in [0.25, 0.3) is 11.3 Å². The average molecular weight is 372 g/mol. The van der Waals surface area contributed by atoms with Crippen LogP contribution < -0.4 is 5.32 Å². The SMILES string of the molecule is O=C(Nc1cccc(-c2cscn2)c1)C1CCN(C2CCOCC2)CC1. The third kappa shape index (κ3) is 4.14. The minimum atomic E-state index is 0.106. The maximum Gasteiger partial charge on any atom is 0.227 e. The number of ether oxygens (including phenoxy) is 1. The molecule has 0 atom stereocenters. The standard InChI is InChI=1S/C20H25N3O2S/c24-20(15-4-8-23(9-5-15)18-6-10-25-11-7-18)22-17-3-1-2-16(12-17)19-13-26-14-21-19/h1-3,12-15,18H,4-11H2,(H,22,24). The largest absolute Gasteiger partial charge is 0.381 e. The van der Waals surface area contributed by atoms with Crippen LogP contribution in [-0.4, -0.2) is 48.1 Å². The molecule has 5 nitrogen and oxygen atoms in total. The summed E-state index contributed by atoms with van der Waals surface area (Å²) in [7, 11) is 0. The van der Waals surface area contributed by atoms with Crippen molar-refractivity contribution < 1.29 is 9.53 Å². The lowest BCUT2D eigenvalue weighted by atomic mass is 9.93. The van der Waals surface area contributed by atoms with Crippen LogP contribution in [0.4, 0.5) is 5.69 Å². The molecule has 138 valence electrons. The van der Waals surface area contributed by atoms with Crippen LogP contribution in [-0.2, 0) is 9.53 Å². The summed E-state index contributed by atoms with van der Waals surface area (Å²) in [4.78, 5) is 19.6. The normalized spacial score (nSPS) is 20.2. The molecule has 0 saturated carbocycles. The highest BCUT2D eigenvalue weighted by molar-refractivity contribution is 7.07. The molecule has 2 aromatic rings. The Balaban J connectivity index is 1.32. The fourth-order valence-electron chi connectivity index (χ4n) is 3.93. The molecular weight excluding hydrogens is 346 g/mol. The van der Waals surface area contributed by atoms with Gasteiger partial charge >= 0.3 is 0 Å². The number of nitrogens with one attached hydrogen (secondary N) is 1. The Hall–Kier alpha value is -1.76. The number of carbonyl (C=O) groups excluding carboxylic acids is 1. The molecule has 3 heterocycles. The molecule has 26 heavy (non-hydrogen) atoms. The van der Waals surface area contributed by atoms with Crippen LogP contribution in [0.1, 0.15) is 25.7 Å². The lowest BCUT2D eigenvalue weighted by Crippen LogP contribution is -2.45. The van der Waals surface area contributed by atoms with E-state index < -0.39 is 0 Å². The number of piperidine rings is 1. The van der Waals surface area contributed by atoms with E-state index in [2.05, 4.69) is 15.2 Å². The lowest BCUT2D eigenvalue weighted by Gasteiger charge is -2.38. The Morgan fingerprint density at radius 1 is 1.19 bits per heavy atom. The molecule has 6 heteroatoms. The number of aromatic nitrogens is 1. The maximum absolute atomic E-state index is 12.7. The van der Waals surface area contributed by atoms with Gasteiger partial charge in [-0.05, 0) is 50.9 Å². The van der Waals surface area contributed by atoms with E-state index in [0.717, 1.165) is 68.9 Å². The zero-order valence-corrected chi connectivity index (χ0v) is 15.7. The predicted molar refractivity (Wildman–Crippen MR) is 104 cm³/mol. The van der Waals surface area contributed by atoms with Crippen LogP contribution in [0.2, 0.25) is 0 Å². The molecule has 1 aromatic heterocycles. The highest BCUT2D eigenvalue weighted by Crippen LogP contribution is 2.26. The minimum absolute atomic E-state index is 0.106. The Morgan fingerprint density at radius 3 is 2.73 bits per heavy atom. The fourth-order valence-corrected chi connectivity index (χ4v) is 4.49. The van der Waals surface area contributed by atoms with Gasteiger partial charge in [-0.25, -0.2) is 4.98 Å². The summed E-state index contributed by atoms with van der Waals surface area (Å²) >= 11 is 1.58. The van der Waals surface area contributed by atoms with Crippen LogP contribution in [0.3, 0.4) is 0 Å². The average Bonchev–Trinajstić information content (AvgIpc) is 3.24. The quantitative estimate of drug-likeness (QED) is 0.891. The summed E-state index contributed by atoms with van der Waals surface area (Å²) in [5.41, 5.74) is 4.67. The van der Waals surface area contributed by atoms with Crippen LogP contribution in [0.15, 0.2) is 35.2 Å². The predicted octanol–water partition coefficient (Wildman–Crippen LogP) is 3.64. The van der Waals surface area contributed by atoms with Gasteiger partial charge in [0.2, 0.25) is 5.91 Å². The number of likely N-dealkylation sites (tertiary alicyclic amines) is 1. The summed E-state index contributed by atoms with van der Waals surface area (Å²) in [5.74, 6) is 0.251. The highest BCUT2D eigenvalue weighted by Gasteiger charge is 2.29. The number of hydrogen-bond acceptors (Lipinski definition) is 5. The van der Waals surface area contributed by atoms with Gasteiger partial charge in [0.1, 0.15) is 0 Å². The summed E-state index contributed by atoms with van der Waals surface area (Å²) in [5, 5.41) is 5.13. The van der Waals surface area contributed by atoms with Gasteiger partial charge in [0, 0.05) is 41.8 Å². The second-order valence-corrected chi connectivity index (χ2v) is 7.82. The van der Waals surface area contributed by atoms with Crippen molar-refractivity contribution in [3.8, 4) is 11.3 Å². The Bertz CT molecular complexity index is 720. The van der Waals surface area contributed by atoms with Crippen molar-refractivity contribution in [3.05, 3.63) is 35.2 Å². The van der Waals surface area contributed by atoms with Gasteiger partial charge in [-0.15, -0.1) is 11.3 Å². The lowest BCUT2D eigenvalue weighted by molar-refractivity contribution is -0.121. The third-order valence-corrected chi connectivity index (χ3v) is 6.05. The van der Waals surface area contributed by atoms with Crippen LogP contribution >= 0.6 is 11.3 Å². The second-order valence-electron chi connectivity index (χ2n) is 7.10. The van der Waals surface area contributed by atoms with Gasteiger partial charge < -0.3 is 15.0 Å². The van der Waals surface area contributed by atoms with E-state index in [4.69, 9.17) is 4.74 Å². The molecule has 1 amide bonds. The molecule has 0 radical (unpaired) electrons. The molecule has 0 bridgehead atoms. The molecule has 4 rings (SSSR count). The van der Waals surface area contributed by atoms with Gasteiger partial charge in [-0.2, -0.15) is 0 Å². The fraction of sp³-hybridized carbons (Fsp3) is 0.500. The first-order chi connectivity index (χ1) is 12.8. The Kier molecular flexibility index (Phi) is 5.62. The number of rotatable bonds is 4. The summed E-state index contributed by atoms with van der Waals surface area (Å²) in [6.45, 7) is 3.78. The third-order valence-electron chi connectivity index (χ3n) is 5.47. The molecule has 2 aliphatic rings. The van der Waals surface area contributed by atoms with Crippen molar-refractivity contribution in [1.29, 1.82) is 0 Å². The first-order valence-electron chi connectivity index (χ1n) is 9.41.